The van der Waals surface area contributed by atoms with Crippen LogP contribution in [0.25, 0.3) is 17.2 Å². The zero-order valence-electron chi connectivity index (χ0n) is 15.0. The van der Waals surface area contributed by atoms with E-state index in [1.165, 1.54) is 27.8 Å². The van der Waals surface area contributed by atoms with E-state index in [4.69, 9.17) is 4.74 Å². The van der Waals surface area contributed by atoms with Crippen molar-refractivity contribution in [2.75, 3.05) is 0 Å². The first kappa shape index (κ1) is 17.3. The zero-order valence-corrected chi connectivity index (χ0v) is 15.0. The van der Waals surface area contributed by atoms with Gasteiger partial charge in [-0.2, -0.15) is 0 Å². The van der Waals surface area contributed by atoms with Crippen LogP contribution in [-0.2, 0) is 13.0 Å². The second-order valence-electron chi connectivity index (χ2n) is 5.53. The van der Waals surface area contributed by atoms with Gasteiger partial charge in [0.25, 0.3) is 0 Å². The molecule has 4 rings (SSSR count). The summed E-state index contributed by atoms with van der Waals surface area (Å²) < 4.78 is 5.85. The van der Waals surface area contributed by atoms with Crippen LogP contribution < -0.4 is 4.74 Å². The molecule has 0 saturated heterocycles. The third kappa shape index (κ3) is 3.50. The molecule has 23 heavy (non-hydrogen) atoms. The van der Waals surface area contributed by atoms with Gasteiger partial charge >= 0.3 is 0 Å². The van der Waals surface area contributed by atoms with Crippen molar-refractivity contribution < 1.29 is 4.74 Å². The Morgan fingerprint density at radius 3 is 2.43 bits per heavy atom. The molecule has 1 heterocycles. The predicted octanol–water partition coefficient (Wildman–Crippen LogP) is 6.50. The lowest BCUT2D eigenvalue weighted by Crippen LogP contribution is -2.09. The number of ether oxygens (including phenoxy) is 1. The summed E-state index contributed by atoms with van der Waals surface area (Å²) in [4.78, 5) is 0. The number of hydrogen-bond acceptors (Lipinski definition) is 1. The fourth-order valence-corrected chi connectivity index (χ4v) is 3.07. The van der Waals surface area contributed by atoms with E-state index >= 15 is 0 Å². The molecule has 2 aromatic rings. The molecule has 1 nitrogen and oxygen atoms in total. The smallest absolute Gasteiger partial charge is 0.127 e. The molecular weight excluding hydrogens is 280 g/mol. The highest BCUT2D eigenvalue weighted by Crippen LogP contribution is 2.39. The minimum absolute atomic E-state index is 0.641. The van der Waals surface area contributed by atoms with Crippen molar-refractivity contribution in [2.24, 2.45) is 5.92 Å². The number of benzene rings is 2. The molecule has 0 N–H and O–H groups in total. The van der Waals surface area contributed by atoms with E-state index < -0.39 is 0 Å². The van der Waals surface area contributed by atoms with Crippen LogP contribution in [0, 0.1) is 5.92 Å². The van der Waals surface area contributed by atoms with Gasteiger partial charge in [0.15, 0.2) is 0 Å². The van der Waals surface area contributed by atoms with Gasteiger partial charge < -0.3 is 4.74 Å². The Kier molecular flexibility index (Phi) is 6.04. The first-order valence-corrected chi connectivity index (χ1v) is 8.87. The molecule has 0 spiro atoms. The number of hydrogen-bond donors (Lipinski definition) is 0. The lowest BCUT2D eigenvalue weighted by Gasteiger charge is -2.24. The van der Waals surface area contributed by atoms with Gasteiger partial charge in [0.1, 0.15) is 12.4 Å². The SMILES string of the molecule is CC.CC.CC1C=Cc2cc3c(cc2C1)COc1ccccc1-3. The number of allylic oxidation sites excluding steroid dienone is 1. The molecule has 2 aliphatic rings. The van der Waals surface area contributed by atoms with Gasteiger partial charge in [-0.15, -0.1) is 0 Å². The Labute approximate surface area is 141 Å². The Bertz CT molecular complexity index is 682. The maximum absolute atomic E-state index is 5.85. The van der Waals surface area contributed by atoms with Crippen LogP contribution >= 0.6 is 0 Å². The summed E-state index contributed by atoms with van der Waals surface area (Å²) in [5.41, 5.74) is 6.70. The van der Waals surface area contributed by atoms with E-state index in [2.05, 4.69) is 49.4 Å². The van der Waals surface area contributed by atoms with Gasteiger partial charge in [0, 0.05) is 5.56 Å². The standard InChI is InChI=1S/C18H16O.2C2H6/c1-12-6-7-13-10-17-15(9-14(13)8-12)11-19-18-5-3-2-4-16(17)18;2*1-2/h2-7,9-10,12H,8,11H2,1H3;2*1-2H3. The highest BCUT2D eigenvalue weighted by Gasteiger charge is 2.20. The maximum atomic E-state index is 5.85. The maximum Gasteiger partial charge on any atom is 0.127 e. The average molecular weight is 308 g/mol. The predicted molar refractivity (Wildman–Crippen MR) is 101 cm³/mol. The van der Waals surface area contributed by atoms with E-state index in [9.17, 15) is 0 Å². The molecule has 1 heteroatoms. The molecule has 0 saturated carbocycles. The molecule has 1 aliphatic carbocycles. The largest absolute Gasteiger partial charge is 0.488 e. The van der Waals surface area contributed by atoms with Crippen molar-refractivity contribution in [3.05, 3.63) is 59.2 Å². The summed E-state index contributed by atoms with van der Waals surface area (Å²) in [6, 6.07) is 13.0. The molecular formula is C22H28O. The Balaban J connectivity index is 0.000000448. The number of para-hydroxylation sites is 1. The minimum Gasteiger partial charge on any atom is -0.488 e. The third-order valence-electron chi connectivity index (χ3n) is 4.07. The summed E-state index contributed by atoms with van der Waals surface area (Å²) in [6.07, 6.45) is 5.71. The Hall–Kier alpha value is -2.02. The fourth-order valence-electron chi connectivity index (χ4n) is 3.07. The van der Waals surface area contributed by atoms with Gasteiger partial charge in [0.2, 0.25) is 0 Å². The molecule has 0 amide bonds. The average Bonchev–Trinajstić information content (AvgIpc) is 2.63. The highest BCUT2D eigenvalue weighted by atomic mass is 16.5. The second-order valence-corrected chi connectivity index (χ2v) is 5.53. The molecule has 122 valence electrons. The van der Waals surface area contributed by atoms with E-state index in [0.29, 0.717) is 12.5 Å². The molecule has 0 fully saturated rings. The van der Waals surface area contributed by atoms with Gasteiger partial charge in [-0.05, 0) is 46.7 Å². The van der Waals surface area contributed by atoms with Gasteiger partial charge in [-0.1, -0.05) is 71.0 Å². The van der Waals surface area contributed by atoms with E-state index in [-0.39, 0.29) is 0 Å². The topological polar surface area (TPSA) is 9.23 Å². The minimum atomic E-state index is 0.641. The first-order valence-electron chi connectivity index (χ1n) is 8.87. The van der Waals surface area contributed by atoms with E-state index in [1.54, 1.807) is 0 Å². The van der Waals surface area contributed by atoms with E-state index in [0.717, 1.165) is 12.2 Å². The van der Waals surface area contributed by atoms with Crippen LogP contribution in [0.15, 0.2) is 42.5 Å². The van der Waals surface area contributed by atoms with Gasteiger partial charge in [-0.25, -0.2) is 0 Å². The van der Waals surface area contributed by atoms with Crippen molar-refractivity contribution in [3.63, 3.8) is 0 Å². The van der Waals surface area contributed by atoms with Gasteiger partial charge in [0.05, 0.1) is 0 Å². The first-order chi connectivity index (χ1) is 11.3. The molecule has 2 aromatic carbocycles. The summed E-state index contributed by atoms with van der Waals surface area (Å²) in [5, 5.41) is 0. The second kappa shape index (κ2) is 8.01. The Morgan fingerprint density at radius 2 is 1.65 bits per heavy atom. The normalized spacial score (nSPS) is 16.3. The lowest BCUT2D eigenvalue weighted by atomic mass is 9.85. The van der Waals surface area contributed by atoms with Crippen molar-refractivity contribution in [2.45, 2.75) is 47.6 Å². The van der Waals surface area contributed by atoms with Crippen molar-refractivity contribution >= 4 is 6.08 Å². The molecule has 0 bridgehead atoms. The lowest BCUT2D eigenvalue weighted by molar-refractivity contribution is 0.302. The monoisotopic (exact) mass is 308 g/mol. The number of fused-ring (bicyclic) bond motifs is 4. The molecule has 1 atom stereocenters. The van der Waals surface area contributed by atoms with Crippen molar-refractivity contribution in [1.29, 1.82) is 0 Å². The number of rotatable bonds is 0. The Morgan fingerprint density at radius 1 is 0.913 bits per heavy atom. The quantitative estimate of drug-likeness (QED) is 0.539. The van der Waals surface area contributed by atoms with Crippen LogP contribution in [0.2, 0.25) is 0 Å². The van der Waals surface area contributed by atoms with Crippen LogP contribution in [0.4, 0.5) is 0 Å². The highest BCUT2D eigenvalue weighted by molar-refractivity contribution is 5.78. The zero-order chi connectivity index (χ0) is 16.8. The van der Waals surface area contributed by atoms with Crippen molar-refractivity contribution in [3.8, 4) is 16.9 Å². The summed E-state index contributed by atoms with van der Waals surface area (Å²) in [6.45, 7) is 11.0. The summed E-state index contributed by atoms with van der Waals surface area (Å²) in [5.74, 6) is 1.64. The fraction of sp³-hybridized carbons (Fsp3) is 0.364. The van der Waals surface area contributed by atoms with Gasteiger partial charge in [-0.3, -0.25) is 0 Å². The van der Waals surface area contributed by atoms with Crippen LogP contribution in [-0.4, -0.2) is 0 Å². The summed E-state index contributed by atoms with van der Waals surface area (Å²) in [7, 11) is 0. The van der Waals surface area contributed by atoms with Crippen LogP contribution in [0.5, 0.6) is 5.75 Å². The van der Waals surface area contributed by atoms with Crippen LogP contribution in [0.3, 0.4) is 0 Å². The third-order valence-corrected chi connectivity index (χ3v) is 4.07. The molecule has 1 unspecified atom stereocenters. The molecule has 0 aromatic heterocycles. The van der Waals surface area contributed by atoms with Crippen molar-refractivity contribution in [1.82, 2.24) is 0 Å². The molecule has 0 radical (unpaired) electrons. The van der Waals surface area contributed by atoms with E-state index in [1.807, 2.05) is 33.8 Å². The summed E-state index contributed by atoms with van der Waals surface area (Å²) >= 11 is 0. The van der Waals surface area contributed by atoms with Crippen LogP contribution in [0.1, 0.15) is 51.3 Å². The molecule has 1 aliphatic heterocycles.